The fourth-order valence-corrected chi connectivity index (χ4v) is 3.22. The lowest BCUT2D eigenvalue weighted by atomic mass is 9.92. The molecular formula is C18H24N2O2. The molecule has 4 nitrogen and oxygen atoms in total. The standard InChI is InChI=1S/C18H24N2O2/c21-18(16-6-2-1-3-7-16)20-11-8-17(9-12-20)22-14-15-5-4-10-19-13-15/h1-2,4-5,10,13,16-17H,3,6-9,11-12,14H2. The third kappa shape index (κ3) is 3.95. The fourth-order valence-electron chi connectivity index (χ4n) is 3.22. The number of hydrogen-bond acceptors (Lipinski definition) is 3. The van der Waals surface area contributed by atoms with Gasteiger partial charge in [-0.3, -0.25) is 9.78 Å². The van der Waals surface area contributed by atoms with Crippen molar-refractivity contribution in [1.82, 2.24) is 9.88 Å². The molecule has 1 aromatic heterocycles. The van der Waals surface area contributed by atoms with Crippen LogP contribution < -0.4 is 0 Å². The van der Waals surface area contributed by atoms with E-state index in [1.165, 1.54) is 0 Å². The number of carbonyl (C=O) groups excluding carboxylic acids is 1. The zero-order valence-corrected chi connectivity index (χ0v) is 13.0. The lowest BCUT2D eigenvalue weighted by Crippen LogP contribution is -2.43. The van der Waals surface area contributed by atoms with Crippen LogP contribution in [0, 0.1) is 5.92 Å². The van der Waals surface area contributed by atoms with Crippen LogP contribution in [0.1, 0.15) is 37.7 Å². The Kier molecular flexibility index (Phi) is 5.22. The van der Waals surface area contributed by atoms with Crippen LogP contribution in [0.25, 0.3) is 0 Å². The molecule has 0 spiro atoms. The number of allylic oxidation sites excluding steroid dienone is 2. The van der Waals surface area contributed by atoms with Gasteiger partial charge >= 0.3 is 0 Å². The van der Waals surface area contributed by atoms with Crippen molar-refractivity contribution in [1.29, 1.82) is 0 Å². The van der Waals surface area contributed by atoms with Crippen LogP contribution in [0.2, 0.25) is 0 Å². The van der Waals surface area contributed by atoms with E-state index in [1.807, 2.05) is 23.2 Å². The lowest BCUT2D eigenvalue weighted by molar-refractivity contribution is -0.138. The third-order valence-corrected chi connectivity index (χ3v) is 4.58. The van der Waals surface area contributed by atoms with Gasteiger partial charge < -0.3 is 9.64 Å². The summed E-state index contributed by atoms with van der Waals surface area (Å²) in [7, 11) is 0. The molecule has 1 aliphatic heterocycles. The first-order valence-corrected chi connectivity index (χ1v) is 8.27. The molecule has 0 aromatic carbocycles. The topological polar surface area (TPSA) is 42.4 Å². The zero-order valence-electron chi connectivity index (χ0n) is 13.0. The predicted molar refractivity (Wildman–Crippen MR) is 85.1 cm³/mol. The van der Waals surface area contributed by atoms with Gasteiger partial charge in [0, 0.05) is 31.4 Å². The quantitative estimate of drug-likeness (QED) is 0.803. The summed E-state index contributed by atoms with van der Waals surface area (Å²) in [4.78, 5) is 18.6. The average molecular weight is 300 g/mol. The van der Waals surface area contributed by atoms with Crippen molar-refractivity contribution < 1.29 is 9.53 Å². The van der Waals surface area contributed by atoms with E-state index in [0.29, 0.717) is 12.5 Å². The molecule has 1 fully saturated rings. The average Bonchev–Trinajstić information content (AvgIpc) is 2.61. The number of hydrogen-bond donors (Lipinski definition) is 0. The molecule has 1 unspecified atom stereocenters. The van der Waals surface area contributed by atoms with E-state index in [9.17, 15) is 4.79 Å². The van der Waals surface area contributed by atoms with Crippen molar-refractivity contribution in [3.63, 3.8) is 0 Å². The highest BCUT2D eigenvalue weighted by Crippen LogP contribution is 2.23. The van der Waals surface area contributed by atoms with Crippen molar-refractivity contribution in [2.75, 3.05) is 13.1 Å². The fraction of sp³-hybridized carbons (Fsp3) is 0.556. The molecule has 1 saturated heterocycles. The van der Waals surface area contributed by atoms with Crippen molar-refractivity contribution >= 4 is 5.91 Å². The Morgan fingerprint density at radius 3 is 2.82 bits per heavy atom. The highest BCUT2D eigenvalue weighted by molar-refractivity contribution is 5.79. The van der Waals surface area contributed by atoms with Crippen LogP contribution >= 0.6 is 0 Å². The van der Waals surface area contributed by atoms with Crippen LogP contribution in [0.4, 0.5) is 0 Å². The summed E-state index contributed by atoms with van der Waals surface area (Å²) >= 11 is 0. The largest absolute Gasteiger partial charge is 0.373 e. The lowest BCUT2D eigenvalue weighted by Gasteiger charge is -2.34. The first-order chi connectivity index (χ1) is 10.8. The van der Waals surface area contributed by atoms with E-state index in [1.54, 1.807) is 6.20 Å². The number of aromatic nitrogens is 1. The first-order valence-electron chi connectivity index (χ1n) is 8.27. The second kappa shape index (κ2) is 7.54. The Balaban J connectivity index is 1.42. The van der Waals surface area contributed by atoms with Gasteiger partial charge in [0.25, 0.3) is 0 Å². The van der Waals surface area contributed by atoms with Gasteiger partial charge in [0.15, 0.2) is 0 Å². The molecule has 0 radical (unpaired) electrons. The summed E-state index contributed by atoms with van der Waals surface area (Å²) in [6.07, 6.45) is 13.0. The van der Waals surface area contributed by atoms with Crippen molar-refractivity contribution in [3.05, 3.63) is 42.2 Å². The molecule has 3 rings (SSSR count). The maximum absolute atomic E-state index is 12.5. The van der Waals surface area contributed by atoms with Crippen molar-refractivity contribution in [2.24, 2.45) is 5.92 Å². The minimum Gasteiger partial charge on any atom is -0.373 e. The van der Waals surface area contributed by atoms with Gasteiger partial charge in [-0.2, -0.15) is 0 Å². The Hall–Kier alpha value is -1.68. The van der Waals surface area contributed by atoms with Crippen LogP contribution in [0.15, 0.2) is 36.7 Å². The van der Waals surface area contributed by atoms with Gasteiger partial charge in [-0.05, 0) is 43.7 Å². The van der Waals surface area contributed by atoms with E-state index >= 15 is 0 Å². The smallest absolute Gasteiger partial charge is 0.226 e. The second-order valence-corrected chi connectivity index (χ2v) is 6.18. The third-order valence-electron chi connectivity index (χ3n) is 4.58. The summed E-state index contributed by atoms with van der Waals surface area (Å²) in [6, 6.07) is 3.96. The normalized spacial score (nSPS) is 22.7. The number of rotatable bonds is 4. The summed E-state index contributed by atoms with van der Waals surface area (Å²) in [5.74, 6) is 0.549. The zero-order chi connectivity index (χ0) is 15.2. The van der Waals surface area contributed by atoms with Gasteiger partial charge in [0.05, 0.1) is 12.7 Å². The Morgan fingerprint density at radius 1 is 1.27 bits per heavy atom. The molecule has 0 N–H and O–H groups in total. The molecule has 1 aliphatic carbocycles. The number of nitrogens with zero attached hydrogens (tertiary/aromatic N) is 2. The van der Waals surface area contributed by atoms with E-state index in [4.69, 9.17) is 4.74 Å². The van der Waals surface area contributed by atoms with Crippen LogP contribution in [-0.4, -0.2) is 35.0 Å². The minimum atomic E-state index is 0.206. The summed E-state index contributed by atoms with van der Waals surface area (Å²) in [5, 5.41) is 0. The molecule has 1 aromatic rings. The van der Waals surface area contributed by atoms with Gasteiger partial charge in [-0.25, -0.2) is 0 Å². The summed E-state index contributed by atoms with van der Waals surface area (Å²) in [5.41, 5.74) is 1.11. The van der Waals surface area contributed by atoms with Crippen LogP contribution in [0.3, 0.4) is 0 Å². The Morgan fingerprint density at radius 2 is 2.14 bits per heavy atom. The SMILES string of the molecule is O=C(C1CC=CCC1)N1CCC(OCc2cccnc2)CC1. The number of carbonyl (C=O) groups is 1. The van der Waals surface area contributed by atoms with E-state index in [2.05, 4.69) is 17.1 Å². The molecular weight excluding hydrogens is 276 g/mol. The Bertz CT molecular complexity index is 507. The number of piperidine rings is 1. The monoisotopic (exact) mass is 300 g/mol. The molecule has 0 bridgehead atoms. The first kappa shape index (κ1) is 15.2. The molecule has 1 amide bonds. The minimum absolute atomic E-state index is 0.206. The van der Waals surface area contributed by atoms with E-state index < -0.39 is 0 Å². The molecule has 2 heterocycles. The van der Waals surface area contributed by atoms with Crippen LogP contribution in [-0.2, 0) is 16.1 Å². The van der Waals surface area contributed by atoms with E-state index in [-0.39, 0.29) is 12.0 Å². The van der Waals surface area contributed by atoms with Crippen molar-refractivity contribution in [2.45, 2.75) is 44.8 Å². The molecule has 0 saturated carbocycles. The van der Waals surface area contributed by atoms with Gasteiger partial charge in [-0.1, -0.05) is 18.2 Å². The van der Waals surface area contributed by atoms with Crippen molar-refractivity contribution in [3.8, 4) is 0 Å². The van der Waals surface area contributed by atoms with Gasteiger partial charge in [-0.15, -0.1) is 0 Å². The van der Waals surface area contributed by atoms with Gasteiger partial charge in [0.1, 0.15) is 0 Å². The molecule has 1 atom stereocenters. The second-order valence-electron chi connectivity index (χ2n) is 6.18. The molecule has 22 heavy (non-hydrogen) atoms. The van der Waals surface area contributed by atoms with Crippen LogP contribution in [0.5, 0.6) is 0 Å². The number of amides is 1. The van der Waals surface area contributed by atoms with Gasteiger partial charge in [0.2, 0.25) is 5.91 Å². The maximum Gasteiger partial charge on any atom is 0.226 e. The summed E-state index contributed by atoms with van der Waals surface area (Å²) < 4.78 is 5.95. The van der Waals surface area contributed by atoms with E-state index in [0.717, 1.165) is 50.8 Å². The summed E-state index contributed by atoms with van der Waals surface area (Å²) in [6.45, 7) is 2.27. The number of likely N-dealkylation sites (tertiary alicyclic amines) is 1. The highest BCUT2D eigenvalue weighted by Gasteiger charge is 2.28. The molecule has 2 aliphatic rings. The maximum atomic E-state index is 12.5. The number of ether oxygens (including phenoxy) is 1. The highest BCUT2D eigenvalue weighted by atomic mass is 16.5. The predicted octanol–water partition coefficient (Wildman–Crippen LogP) is 2.95. The Labute approximate surface area is 132 Å². The molecule has 118 valence electrons. The molecule has 4 heteroatoms. The number of pyridine rings is 1.